The fourth-order valence-corrected chi connectivity index (χ4v) is 1.55. The van der Waals surface area contributed by atoms with Gasteiger partial charge in [0.05, 0.1) is 5.69 Å². The fraction of sp³-hybridized carbons (Fsp3) is 0.273. The van der Waals surface area contributed by atoms with Gasteiger partial charge in [-0.3, -0.25) is 4.68 Å². The van der Waals surface area contributed by atoms with Crippen LogP contribution in [0.5, 0.6) is 0 Å². The van der Waals surface area contributed by atoms with Crippen LogP contribution in [0.25, 0.3) is 0 Å². The number of anilines is 1. The van der Waals surface area contributed by atoms with Crippen molar-refractivity contribution in [3.8, 4) is 0 Å². The minimum Gasteiger partial charge on any atom is -0.386 e. The first kappa shape index (κ1) is 10.6. The van der Waals surface area contributed by atoms with E-state index in [-0.39, 0.29) is 0 Å². The number of aryl methyl sites for hydroxylation is 1. The Balaban J connectivity index is 2.13. The monoisotopic (exact) mass is 218 g/mol. The molecule has 0 fully saturated rings. The smallest absolute Gasteiger partial charge is 0.126 e. The normalized spacial score (nSPS) is 12.6. The van der Waals surface area contributed by atoms with Gasteiger partial charge in [-0.25, -0.2) is 4.98 Å². The summed E-state index contributed by atoms with van der Waals surface area (Å²) in [5.41, 5.74) is 7.18. The highest BCUT2D eigenvalue weighted by molar-refractivity contribution is 5.39. The van der Waals surface area contributed by atoms with E-state index in [9.17, 15) is 5.11 Å². The van der Waals surface area contributed by atoms with Gasteiger partial charge in [0.1, 0.15) is 11.9 Å². The van der Waals surface area contributed by atoms with Gasteiger partial charge in [-0.2, -0.15) is 5.10 Å². The Hall–Kier alpha value is -1.88. The van der Waals surface area contributed by atoms with Crippen LogP contribution in [-0.2, 0) is 13.5 Å². The quantitative estimate of drug-likeness (QED) is 0.794. The van der Waals surface area contributed by atoms with Crippen LogP contribution >= 0.6 is 0 Å². The van der Waals surface area contributed by atoms with Crippen molar-refractivity contribution in [2.75, 3.05) is 5.73 Å². The maximum atomic E-state index is 9.95. The van der Waals surface area contributed by atoms with Crippen molar-refractivity contribution in [1.29, 1.82) is 0 Å². The molecule has 0 saturated carbocycles. The lowest BCUT2D eigenvalue weighted by molar-refractivity contribution is 0.173. The lowest BCUT2D eigenvalue weighted by Gasteiger charge is -2.09. The van der Waals surface area contributed by atoms with E-state index >= 15 is 0 Å². The number of rotatable bonds is 3. The molecule has 0 spiro atoms. The van der Waals surface area contributed by atoms with Crippen molar-refractivity contribution >= 4 is 5.82 Å². The first-order valence-corrected chi connectivity index (χ1v) is 5.04. The second-order valence-electron chi connectivity index (χ2n) is 3.68. The number of nitrogens with zero attached hydrogens (tertiary/aromatic N) is 3. The molecule has 0 amide bonds. The van der Waals surface area contributed by atoms with Crippen molar-refractivity contribution < 1.29 is 5.11 Å². The molecule has 0 aliphatic rings. The number of nitrogen functional groups attached to an aromatic ring is 1. The van der Waals surface area contributed by atoms with E-state index in [4.69, 9.17) is 5.73 Å². The van der Waals surface area contributed by atoms with Crippen molar-refractivity contribution in [3.05, 3.63) is 41.9 Å². The molecule has 2 heterocycles. The fourth-order valence-electron chi connectivity index (χ4n) is 1.55. The third-order valence-corrected chi connectivity index (χ3v) is 2.42. The predicted octanol–water partition coefficient (Wildman–Crippen LogP) is 0.673. The lowest BCUT2D eigenvalue weighted by Crippen LogP contribution is -2.06. The zero-order valence-corrected chi connectivity index (χ0v) is 9.04. The largest absolute Gasteiger partial charge is 0.386 e. The second-order valence-corrected chi connectivity index (χ2v) is 3.68. The number of aliphatic hydroxyl groups is 1. The Morgan fingerprint density at radius 1 is 1.50 bits per heavy atom. The number of aliphatic hydroxyl groups excluding tert-OH is 1. The third kappa shape index (κ3) is 2.20. The molecule has 0 saturated heterocycles. The highest BCUT2D eigenvalue weighted by Gasteiger charge is 2.12. The molecule has 2 aromatic heterocycles. The average Bonchev–Trinajstić information content (AvgIpc) is 2.68. The lowest BCUT2D eigenvalue weighted by atomic mass is 10.1. The van der Waals surface area contributed by atoms with Crippen molar-refractivity contribution in [2.45, 2.75) is 12.5 Å². The Bertz CT molecular complexity index is 480. The molecule has 84 valence electrons. The van der Waals surface area contributed by atoms with E-state index in [0.29, 0.717) is 17.9 Å². The maximum Gasteiger partial charge on any atom is 0.126 e. The molecular weight excluding hydrogens is 204 g/mol. The van der Waals surface area contributed by atoms with E-state index in [1.165, 1.54) is 0 Å². The first-order chi connectivity index (χ1) is 7.66. The second kappa shape index (κ2) is 4.32. The van der Waals surface area contributed by atoms with E-state index < -0.39 is 6.10 Å². The first-order valence-electron chi connectivity index (χ1n) is 5.04. The summed E-state index contributed by atoms with van der Waals surface area (Å²) in [4.78, 5) is 3.97. The van der Waals surface area contributed by atoms with Gasteiger partial charge in [0.25, 0.3) is 0 Å². The Morgan fingerprint density at radius 2 is 2.31 bits per heavy atom. The minimum absolute atomic E-state index is 0.427. The minimum atomic E-state index is -0.646. The van der Waals surface area contributed by atoms with Gasteiger partial charge < -0.3 is 10.8 Å². The van der Waals surface area contributed by atoms with E-state index in [2.05, 4.69) is 10.1 Å². The molecule has 3 N–H and O–H groups in total. The van der Waals surface area contributed by atoms with Crippen LogP contribution in [-0.4, -0.2) is 19.9 Å². The summed E-state index contributed by atoms with van der Waals surface area (Å²) in [7, 11) is 1.81. The van der Waals surface area contributed by atoms with Crippen molar-refractivity contribution in [3.63, 3.8) is 0 Å². The molecule has 5 nitrogen and oxygen atoms in total. The Morgan fingerprint density at radius 3 is 2.94 bits per heavy atom. The topological polar surface area (TPSA) is 77.0 Å². The van der Waals surface area contributed by atoms with Crippen molar-refractivity contribution in [1.82, 2.24) is 14.8 Å². The molecule has 1 atom stereocenters. The van der Waals surface area contributed by atoms with Crippen LogP contribution in [0.1, 0.15) is 17.4 Å². The molecule has 0 aromatic carbocycles. The summed E-state index contributed by atoms with van der Waals surface area (Å²) < 4.78 is 1.66. The van der Waals surface area contributed by atoms with Crippen LogP contribution < -0.4 is 5.73 Å². The molecule has 2 rings (SSSR count). The predicted molar refractivity (Wildman–Crippen MR) is 60.5 cm³/mol. The summed E-state index contributed by atoms with van der Waals surface area (Å²) in [6.07, 6.45) is 3.21. The zero-order valence-electron chi connectivity index (χ0n) is 9.04. The molecular formula is C11H14N4O. The highest BCUT2D eigenvalue weighted by Crippen LogP contribution is 2.18. The van der Waals surface area contributed by atoms with Gasteiger partial charge in [-0.05, 0) is 17.7 Å². The maximum absolute atomic E-state index is 9.95. The zero-order chi connectivity index (χ0) is 11.5. The highest BCUT2D eigenvalue weighted by atomic mass is 16.3. The van der Waals surface area contributed by atoms with Crippen LogP contribution in [0, 0.1) is 0 Å². The van der Waals surface area contributed by atoms with Gasteiger partial charge in [0.15, 0.2) is 0 Å². The van der Waals surface area contributed by atoms with Crippen LogP contribution in [0.2, 0.25) is 0 Å². The summed E-state index contributed by atoms with van der Waals surface area (Å²) in [6.45, 7) is 0. The van der Waals surface area contributed by atoms with Crippen LogP contribution in [0.3, 0.4) is 0 Å². The summed E-state index contributed by atoms with van der Waals surface area (Å²) in [6, 6.07) is 5.45. The number of hydrogen-bond donors (Lipinski definition) is 2. The third-order valence-electron chi connectivity index (χ3n) is 2.42. The van der Waals surface area contributed by atoms with Crippen LogP contribution in [0.4, 0.5) is 5.82 Å². The molecule has 2 aromatic rings. The molecule has 0 radical (unpaired) electrons. The number of aromatic nitrogens is 3. The van der Waals surface area contributed by atoms with Gasteiger partial charge >= 0.3 is 0 Å². The van der Waals surface area contributed by atoms with Gasteiger partial charge in [0.2, 0.25) is 0 Å². The molecule has 16 heavy (non-hydrogen) atoms. The van der Waals surface area contributed by atoms with Gasteiger partial charge in [-0.15, -0.1) is 0 Å². The SMILES string of the molecule is Cn1ccc(C(O)Cc2cccnc2N)n1. The van der Waals surface area contributed by atoms with E-state index in [0.717, 1.165) is 5.56 Å². The van der Waals surface area contributed by atoms with Gasteiger partial charge in [0, 0.05) is 25.9 Å². The summed E-state index contributed by atoms with van der Waals surface area (Å²) in [5, 5.41) is 14.1. The molecule has 5 heteroatoms. The number of hydrogen-bond acceptors (Lipinski definition) is 4. The molecule has 1 unspecified atom stereocenters. The van der Waals surface area contributed by atoms with E-state index in [1.807, 2.05) is 13.1 Å². The van der Waals surface area contributed by atoms with Crippen LogP contribution in [0.15, 0.2) is 30.6 Å². The Labute approximate surface area is 93.5 Å². The standard InChI is InChI=1S/C11H14N4O/c1-15-6-4-9(14-15)10(16)7-8-3-2-5-13-11(8)12/h2-6,10,16H,7H2,1H3,(H2,12,13). The average molecular weight is 218 g/mol. The van der Waals surface area contributed by atoms with Crippen molar-refractivity contribution in [2.24, 2.45) is 7.05 Å². The molecule has 0 aliphatic carbocycles. The van der Waals surface area contributed by atoms with E-state index in [1.54, 1.807) is 29.2 Å². The molecule has 0 bridgehead atoms. The summed E-state index contributed by atoms with van der Waals surface area (Å²) >= 11 is 0. The van der Waals surface area contributed by atoms with Gasteiger partial charge in [-0.1, -0.05) is 6.07 Å². The number of pyridine rings is 1. The Kier molecular flexibility index (Phi) is 2.87. The molecule has 0 aliphatic heterocycles. The number of nitrogens with two attached hydrogens (primary N) is 1. The summed E-state index contributed by atoms with van der Waals surface area (Å²) in [5.74, 6) is 0.456.